The number of nitrogens with two attached hydrogens (primary N) is 1. The number of nitrogens with zero attached hydrogens (tertiary/aromatic N) is 1. The predicted octanol–water partition coefficient (Wildman–Crippen LogP) is 1.91. The number of hydrogen-bond donors (Lipinski definition) is 2. The molecule has 0 spiro atoms. The topological polar surface area (TPSA) is 50.4 Å². The maximum absolute atomic E-state index is 5.22. The zero-order valence-electron chi connectivity index (χ0n) is 8.47. The van der Waals surface area contributed by atoms with E-state index in [2.05, 4.69) is 22.7 Å². The van der Waals surface area contributed by atoms with E-state index >= 15 is 0 Å². The lowest BCUT2D eigenvalue weighted by Crippen LogP contribution is -2.23. The molecule has 1 aromatic rings. The molecule has 0 unspecified atom stereocenters. The van der Waals surface area contributed by atoms with E-state index in [0.717, 1.165) is 11.1 Å². The third kappa shape index (κ3) is 4.93. The normalized spacial score (nSPS) is 11.7. The molecule has 3 N–H and O–H groups in total. The first-order chi connectivity index (χ1) is 7.18. The second-order valence-corrected chi connectivity index (χ2v) is 3.47. The maximum Gasteiger partial charge on any atom is 0.184 e. The molecule has 0 aromatic heterocycles. The Hall–Kier alpha value is -1.68. The minimum Gasteiger partial charge on any atom is -0.375 e. The SMILES string of the molecule is CC(C=NNC(N)=S)=Cc1ccccc1. The number of hydrogen-bond acceptors (Lipinski definition) is 2. The summed E-state index contributed by atoms with van der Waals surface area (Å²) < 4.78 is 0. The van der Waals surface area contributed by atoms with E-state index in [1.54, 1.807) is 6.21 Å². The van der Waals surface area contributed by atoms with Crippen LogP contribution in [-0.2, 0) is 0 Å². The molecule has 3 nitrogen and oxygen atoms in total. The highest BCUT2D eigenvalue weighted by molar-refractivity contribution is 7.80. The lowest BCUT2D eigenvalue weighted by molar-refractivity contribution is 1.04. The first kappa shape index (κ1) is 11.4. The molecular weight excluding hydrogens is 206 g/mol. The first-order valence-corrected chi connectivity index (χ1v) is 4.91. The summed E-state index contributed by atoms with van der Waals surface area (Å²) in [6, 6.07) is 10.0. The highest BCUT2D eigenvalue weighted by Crippen LogP contribution is 2.04. The van der Waals surface area contributed by atoms with Crippen LogP contribution < -0.4 is 11.2 Å². The lowest BCUT2D eigenvalue weighted by Gasteiger charge is -1.95. The van der Waals surface area contributed by atoms with E-state index in [9.17, 15) is 0 Å². The van der Waals surface area contributed by atoms with Crippen molar-refractivity contribution in [2.24, 2.45) is 10.8 Å². The molecule has 1 aromatic carbocycles. The zero-order chi connectivity index (χ0) is 11.1. The fourth-order valence-electron chi connectivity index (χ4n) is 1.05. The van der Waals surface area contributed by atoms with Gasteiger partial charge in [-0.2, -0.15) is 5.10 Å². The average molecular weight is 219 g/mol. The molecule has 0 radical (unpaired) electrons. The number of allylic oxidation sites excluding steroid dienone is 1. The van der Waals surface area contributed by atoms with E-state index in [0.29, 0.717) is 0 Å². The van der Waals surface area contributed by atoms with Crippen molar-refractivity contribution in [3.05, 3.63) is 41.5 Å². The average Bonchev–Trinajstić information content (AvgIpc) is 2.18. The Kier molecular flexibility index (Phi) is 4.50. The van der Waals surface area contributed by atoms with Gasteiger partial charge in [-0.15, -0.1) is 0 Å². The summed E-state index contributed by atoms with van der Waals surface area (Å²) in [5, 5.41) is 4.02. The van der Waals surface area contributed by atoms with Crippen molar-refractivity contribution in [3.63, 3.8) is 0 Å². The molecule has 0 aliphatic heterocycles. The van der Waals surface area contributed by atoms with Gasteiger partial charge in [-0.1, -0.05) is 36.4 Å². The Balaban J connectivity index is 2.61. The van der Waals surface area contributed by atoms with Gasteiger partial charge in [0, 0.05) is 0 Å². The van der Waals surface area contributed by atoms with E-state index in [1.807, 2.05) is 43.3 Å². The van der Waals surface area contributed by atoms with Crippen molar-refractivity contribution < 1.29 is 0 Å². The molecule has 0 bridgehead atoms. The minimum atomic E-state index is 0.166. The molecule has 0 saturated carbocycles. The van der Waals surface area contributed by atoms with Crippen molar-refractivity contribution in [1.82, 2.24) is 5.43 Å². The van der Waals surface area contributed by atoms with Gasteiger partial charge in [0.2, 0.25) is 0 Å². The van der Waals surface area contributed by atoms with Gasteiger partial charge in [-0.25, -0.2) is 0 Å². The number of rotatable bonds is 3. The largest absolute Gasteiger partial charge is 0.375 e. The molecule has 78 valence electrons. The van der Waals surface area contributed by atoms with E-state index < -0.39 is 0 Å². The summed E-state index contributed by atoms with van der Waals surface area (Å²) in [4.78, 5) is 0. The number of hydrazone groups is 1. The number of benzene rings is 1. The van der Waals surface area contributed by atoms with Gasteiger partial charge < -0.3 is 5.73 Å². The highest BCUT2D eigenvalue weighted by Gasteiger charge is 1.87. The third-order valence-corrected chi connectivity index (χ3v) is 1.73. The molecule has 0 saturated heterocycles. The van der Waals surface area contributed by atoms with Gasteiger partial charge in [0.05, 0.1) is 6.21 Å². The van der Waals surface area contributed by atoms with Crippen LogP contribution in [0, 0.1) is 0 Å². The third-order valence-electron chi connectivity index (χ3n) is 1.64. The maximum atomic E-state index is 5.22. The van der Waals surface area contributed by atoms with Gasteiger partial charge in [0.1, 0.15) is 0 Å². The fourth-order valence-corrected chi connectivity index (χ4v) is 1.10. The van der Waals surface area contributed by atoms with Crippen molar-refractivity contribution in [2.45, 2.75) is 6.92 Å². The Morgan fingerprint density at radius 2 is 2.07 bits per heavy atom. The molecule has 0 aliphatic rings. The van der Waals surface area contributed by atoms with Gasteiger partial charge in [0.15, 0.2) is 5.11 Å². The van der Waals surface area contributed by atoms with Crippen molar-refractivity contribution in [1.29, 1.82) is 0 Å². The summed E-state index contributed by atoms with van der Waals surface area (Å²) in [5.74, 6) is 0. The van der Waals surface area contributed by atoms with Gasteiger partial charge in [-0.3, -0.25) is 5.43 Å². The molecule has 0 aliphatic carbocycles. The van der Waals surface area contributed by atoms with Crippen molar-refractivity contribution in [3.8, 4) is 0 Å². The summed E-state index contributed by atoms with van der Waals surface area (Å²) in [6.07, 6.45) is 3.69. The van der Waals surface area contributed by atoms with Crippen LogP contribution in [0.2, 0.25) is 0 Å². The highest BCUT2D eigenvalue weighted by atomic mass is 32.1. The van der Waals surface area contributed by atoms with Crippen molar-refractivity contribution in [2.75, 3.05) is 0 Å². The fraction of sp³-hybridized carbons (Fsp3) is 0.0909. The molecule has 0 heterocycles. The van der Waals surface area contributed by atoms with Crippen molar-refractivity contribution >= 4 is 29.6 Å². The molecule has 0 fully saturated rings. The van der Waals surface area contributed by atoms with Crippen LogP contribution in [0.25, 0.3) is 6.08 Å². The smallest absolute Gasteiger partial charge is 0.184 e. The van der Waals surface area contributed by atoms with E-state index in [1.165, 1.54) is 0 Å². The van der Waals surface area contributed by atoms with E-state index in [4.69, 9.17) is 5.73 Å². The lowest BCUT2D eigenvalue weighted by atomic mass is 10.1. The zero-order valence-corrected chi connectivity index (χ0v) is 9.29. The quantitative estimate of drug-likeness (QED) is 0.464. The Morgan fingerprint density at radius 1 is 1.40 bits per heavy atom. The predicted molar refractivity (Wildman–Crippen MR) is 68.5 cm³/mol. The van der Waals surface area contributed by atoms with Gasteiger partial charge in [0.25, 0.3) is 0 Å². The van der Waals surface area contributed by atoms with Crippen LogP contribution in [0.15, 0.2) is 41.0 Å². The molecule has 1 rings (SSSR count). The summed E-state index contributed by atoms with van der Waals surface area (Å²) in [5.41, 5.74) is 9.87. The second kappa shape index (κ2) is 5.93. The van der Waals surface area contributed by atoms with Crippen LogP contribution >= 0.6 is 12.2 Å². The van der Waals surface area contributed by atoms with Crippen LogP contribution in [0.5, 0.6) is 0 Å². The van der Waals surface area contributed by atoms with Crippen LogP contribution in [0.4, 0.5) is 0 Å². The summed E-state index contributed by atoms with van der Waals surface area (Å²) in [6.45, 7) is 1.96. The molecular formula is C11H13N3S. The molecule has 4 heteroatoms. The summed E-state index contributed by atoms with van der Waals surface area (Å²) >= 11 is 4.61. The van der Waals surface area contributed by atoms with E-state index in [-0.39, 0.29) is 5.11 Å². The first-order valence-electron chi connectivity index (χ1n) is 4.50. The monoisotopic (exact) mass is 219 g/mol. The molecule has 0 atom stereocenters. The Labute approximate surface area is 94.7 Å². The van der Waals surface area contributed by atoms with Crippen LogP contribution in [0.3, 0.4) is 0 Å². The summed E-state index contributed by atoms with van der Waals surface area (Å²) in [7, 11) is 0. The Bertz CT molecular complexity index is 382. The van der Waals surface area contributed by atoms with Crippen LogP contribution in [-0.4, -0.2) is 11.3 Å². The molecule has 0 amide bonds. The Morgan fingerprint density at radius 3 is 2.67 bits per heavy atom. The van der Waals surface area contributed by atoms with Gasteiger partial charge >= 0.3 is 0 Å². The number of thiocarbonyl (C=S) groups is 1. The van der Waals surface area contributed by atoms with Crippen LogP contribution in [0.1, 0.15) is 12.5 Å². The minimum absolute atomic E-state index is 0.166. The number of nitrogens with one attached hydrogen (secondary N) is 1. The molecule has 15 heavy (non-hydrogen) atoms. The standard InChI is InChI=1S/C11H13N3S/c1-9(8-13-14-11(12)15)7-10-5-3-2-4-6-10/h2-8H,1H3,(H3,12,14,15). The second-order valence-electron chi connectivity index (χ2n) is 3.03. The van der Waals surface area contributed by atoms with Gasteiger partial charge in [-0.05, 0) is 30.3 Å².